The summed E-state index contributed by atoms with van der Waals surface area (Å²) in [7, 11) is 0. The van der Waals surface area contributed by atoms with Gasteiger partial charge in [-0.1, -0.05) is 12.1 Å². The van der Waals surface area contributed by atoms with Crippen LogP contribution in [-0.2, 0) is 0 Å². The van der Waals surface area contributed by atoms with E-state index in [1.54, 1.807) is 0 Å². The van der Waals surface area contributed by atoms with Crippen molar-refractivity contribution < 1.29 is 4.79 Å². The van der Waals surface area contributed by atoms with Crippen molar-refractivity contribution >= 4 is 6.29 Å². The molecular formula is C15H15NO. The molecule has 1 aromatic heterocycles. The predicted octanol–water partition coefficient (Wildman–Crippen LogP) is 3.49. The third-order valence-corrected chi connectivity index (χ3v) is 2.79. The van der Waals surface area contributed by atoms with Gasteiger partial charge in [0.05, 0.1) is 0 Å². The lowest BCUT2D eigenvalue weighted by molar-refractivity contribution is 0.112. The Balaban J connectivity index is 2.62. The van der Waals surface area contributed by atoms with Crippen LogP contribution in [0.25, 0.3) is 11.1 Å². The Morgan fingerprint density at radius 2 is 1.65 bits per heavy atom. The summed E-state index contributed by atoms with van der Waals surface area (Å²) < 4.78 is 0. The smallest absolute Gasteiger partial charge is 0.150 e. The number of pyridine rings is 1. The van der Waals surface area contributed by atoms with Crippen molar-refractivity contribution in [1.29, 1.82) is 0 Å². The maximum Gasteiger partial charge on any atom is 0.150 e. The number of carbonyl (C=O) groups excluding carboxylic acids is 1. The number of nitrogens with zero attached hydrogens (tertiary/aromatic N) is 1. The summed E-state index contributed by atoms with van der Waals surface area (Å²) in [5.41, 5.74) is 6.09. The first kappa shape index (κ1) is 11.5. The maximum absolute atomic E-state index is 10.8. The van der Waals surface area contributed by atoms with Crippen LogP contribution in [0.2, 0.25) is 0 Å². The fourth-order valence-electron chi connectivity index (χ4n) is 2.01. The highest BCUT2D eigenvalue weighted by Gasteiger charge is 2.05. The molecular weight excluding hydrogens is 210 g/mol. The average Bonchev–Trinajstić information content (AvgIpc) is 2.28. The number of hydrogen-bond acceptors (Lipinski definition) is 2. The van der Waals surface area contributed by atoms with Gasteiger partial charge in [0.25, 0.3) is 0 Å². The van der Waals surface area contributed by atoms with Gasteiger partial charge in [0.2, 0.25) is 0 Å². The van der Waals surface area contributed by atoms with Crippen molar-refractivity contribution in [3.63, 3.8) is 0 Å². The van der Waals surface area contributed by atoms with Gasteiger partial charge in [0, 0.05) is 17.0 Å². The normalized spacial score (nSPS) is 10.3. The molecule has 86 valence electrons. The minimum atomic E-state index is 0.706. The van der Waals surface area contributed by atoms with Crippen LogP contribution in [0.3, 0.4) is 0 Å². The van der Waals surface area contributed by atoms with E-state index in [1.165, 1.54) is 5.56 Å². The molecule has 0 aliphatic carbocycles. The van der Waals surface area contributed by atoms with Gasteiger partial charge in [-0.05, 0) is 55.7 Å². The van der Waals surface area contributed by atoms with Crippen LogP contribution >= 0.6 is 0 Å². The van der Waals surface area contributed by atoms with Gasteiger partial charge >= 0.3 is 0 Å². The molecule has 0 aliphatic heterocycles. The van der Waals surface area contributed by atoms with Crippen molar-refractivity contribution in [2.24, 2.45) is 0 Å². The highest BCUT2D eigenvalue weighted by Crippen LogP contribution is 2.25. The van der Waals surface area contributed by atoms with Crippen LogP contribution in [0.15, 0.2) is 30.3 Å². The second-order valence-electron chi connectivity index (χ2n) is 4.33. The Bertz CT molecular complexity index is 553. The summed E-state index contributed by atoms with van der Waals surface area (Å²) in [4.78, 5) is 15.2. The Hall–Kier alpha value is -1.96. The summed E-state index contributed by atoms with van der Waals surface area (Å²) in [6.07, 6.45) is 0.879. The molecule has 17 heavy (non-hydrogen) atoms. The van der Waals surface area contributed by atoms with Crippen LogP contribution in [0.5, 0.6) is 0 Å². The van der Waals surface area contributed by atoms with Crippen LogP contribution in [0, 0.1) is 20.8 Å². The lowest BCUT2D eigenvalue weighted by Gasteiger charge is -2.08. The lowest BCUT2D eigenvalue weighted by atomic mass is 9.98. The molecule has 0 amide bonds. The van der Waals surface area contributed by atoms with E-state index in [1.807, 2.05) is 44.2 Å². The van der Waals surface area contributed by atoms with Crippen LogP contribution in [0.4, 0.5) is 0 Å². The van der Waals surface area contributed by atoms with E-state index >= 15 is 0 Å². The van der Waals surface area contributed by atoms with Crippen molar-refractivity contribution in [2.75, 3.05) is 0 Å². The molecule has 0 saturated carbocycles. The fraction of sp³-hybridized carbons (Fsp3) is 0.200. The van der Waals surface area contributed by atoms with Crippen molar-refractivity contribution in [2.45, 2.75) is 20.8 Å². The molecule has 2 rings (SSSR count). The third-order valence-electron chi connectivity index (χ3n) is 2.79. The number of hydrogen-bond donors (Lipinski definition) is 0. The minimum absolute atomic E-state index is 0.706. The topological polar surface area (TPSA) is 30.0 Å². The standard InChI is InChI=1S/C15H15NO/c1-10-4-5-13(9-17)8-15(10)14-6-11(2)16-12(3)7-14/h4-9H,1-3H3. The summed E-state index contributed by atoms with van der Waals surface area (Å²) in [6.45, 7) is 6.01. The zero-order valence-corrected chi connectivity index (χ0v) is 10.3. The molecule has 0 unspecified atom stereocenters. The van der Waals surface area contributed by atoms with Gasteiger partial charge in [0.1, 0.15) is 6.29 Å². The molecule has 2 heteroatoms. The largest absolute Gasteiger partial charge is 0.298 e. The zero-order valence-electron chi connectivity index (χ0n) is 10.3. The summed E-state index contributed by atoms with van der Waals surface area (Å²) in [5, 5.41) is 0. The molecule has 0 spiro atoms. The number of benzene rings is 1. The molecule has 0 atom stereocenters. The van der Waals surface area contributed by atoms with Gasteiger partial charge in [0.15, 0.2) is 0 Å². The first-order chi connectivity index (χ1) is 8.10. The van der Waals surface area contributed by atoms with E-state index in [0.717, 1.165) is 28.8 Å². The van der Waals surface area contributed by atoms with Gasteiger partial charge in [-0.25, -0.2) is 0 Å². The number of rotatable bonds is 2. The monoisotopic (exact) mass is 225 g/mol. The van der Waals surface area contributed by atoms with Crippen LogP contribution in [-0.4, -0.2) is 11.3 Å². The van der Waals surface area contributed by atoms with Gasteiger partial charge in [-0.3, -0.25) is 9.78 Å². The molecule has 0 radical (unpaired) electrons. The van der Waals surface area contributed by atoms with Crippen molar-refractivity contribution in [3.05, 3.63) is 52.8 Å². The van der Waals surface area contributed by atoms with E-state index < -0.39 is 0 Å². The molecule has 0 fully saturated rings. The fourth-order valence-corrected chi connectivity index (χ4v) is 2.01. The molecule has 1 aromatic carbocycles. The number of aryl methyl sites for hydroxylation is 3. The van der Waals surface area contributed by atoms with Crippen molar-refractivity contribution in [3.8, 4) is 11.1 Å². The molecule has 2 aromatic rings. The second kappa shape index (κ2) is 4.50. The molecule has 0 saturated heterocycles. The maximum atomic E-state index is 10.8. The molecule has 0 N–H and O–H groups in total. The molecule has 2 nitrogen and oxygen atoms in total. The van der Waals surface area contributed by atoms with Gasteiger partial charge in [-0.15, -0.1) is 0 Å². The third kappa shape index (κ3) is 2.41. The molecule has 0 aliphatic rings. The quantitative estimate of drug-likeness (QED) is 0.732. The Morgan fingerprint density at radius 1 is 1.00 bits per heavy atom. The van der Waals surface area contributed by atoms with E-state index in [2.05, 4.69) is 11.9 Å². The van der Waals surface area contributed by atoms with E-state index in [0.29, 0.717) is 5.56 Å². The Kier molecular flexibility index (Phi) is 3.05. The van der Waals surface area contributed by atoms with Gasteiger partial charge < -0.3 is 0 Å². The zero-order chi connectivity index (χ0) is 12.4. The van der Waals surface area contributed by atoms with E-state index in [-0.39, 0.29) is 0 Å². The van der Waals surface area contributed by atoms with E-state index in [4.69, 9.17) is 0 Å². The second-order valence-corrected chi connectivity index (χ2v) is 4.33. The number of carbonyl (C=O) groups is 1. The Morgan fingerprint density at radius 3 is 2.24 bits per heavy atom. The summed E-state index contributed by atoms with van der Waals surface area (Å²) >= 11 is 0. The predicted molar refractivity (Wildman–Crippen MR) is 69.3 cm³/mol. The van der Waals surface area contributed by atoms with Crippen molar-refractivity contribution in [1.82, 2.24) is 4.98 Å². The first-order valence-electron chi connectivity index (χ1n) is 5.61. The lowest BCUT2D eigenvalue weighted by Crippen LogP contribution is -1.91. The number of aromatic nitrogens is 1. The molecule has 1 heterocycles. The Labute approximate surface area is 101 Å². The van der Waals surface area contributed by atoms with E-state index in [9.17, 15) is 4.79 Å². The highest BCUT2D eigenvalue weighted by atomic mass is 16.1. The highest BCUT2D eigenvalue weighted by molar-refractivity contribution is 5.80. The number of aldehydes is 1. The minimum Gasteiger partial charge on any atom is -0.298 e. The SMILES string of the molecule is Cc1cc(-c2cc(C=O)ccc2C)cc(C)n1. The molecule has 0 bridgehead atoms. The van der Waals surface area contributed by atoms with Gasteiger partial charge in [-0.2, -0.15) is 0 Å². The summed E-state index contributed by atoms with van der Waals surface area (Å²) in [6, 6.07) is 9.83. The summed E-state index contributed by atoms with van der Waals surface area (Å²) in [5.74, 6) is 0. The average molecular weight is 225 g/mol. The van der Waals surface area contributed by atoms with Crippen LogP contribution in [0.1, 0.15) is 27.3 Å². The first-order valence-corrected chi connectivity index (χ1v) is 5.61. The van der Waals surface area contributed by atoms with Crippen LogP contribution < -0.4 is 0 Å².